The van der Waals surface area contributed by atoms with Gasteiger partial charge in [-0.2, -0.15) is 4.31 Å². The first-order valence-electron chi connectivity index (χ1n) is 7.77. The molecule has 1 aliphatic rings. The molecule has 7 nitrogen and oxygen atoms in total. The number of thiophene rings is 1. The summed E-state index contributed by atoms with van der Waals surface area (Å²) in [5.41, 5.74) is 0. The van der Waals surface area contributed by atoms with Gasteiger partial charge in [-0.05, 0) is 25.0 Å². The van der Waals surface area contributed by atoms with Gasteiger partial charge in [0.1, 0.15) is 4.21 Å². The molecule has 2 rings (SSSR count). The lowest BCUT2D eigenvalue weighted by Gasteiger charge is -2.19. The molecule has 0 saturated carbocycles. The van der Waals surface area contributed by atoms with Crippen molar-refractivity contribution in [3.05, 3.63) is 17.0 Å². The van der Waals surface area contributed by atoms with Crippen molar-refractivity contribution in [3.8, 4) is 0 Å². The fourth-order valence-electron chi connectivity index (χ4n) is 2.52. The number of rotatable bonds is 7. The van der Waals surface area contributed by atoms with Gasteiger partial charge >= 0.3 is 5.97 Å². The summed E-state index contributed by atoms with van der Waals surface area (Å²) in [6, 6.07) is 3.20. The van der Waals surface area contributed by atoms with E-state index in [1.807, 2.05) is 0 Å². The first-order valence-corrected chi connectivity index (χ1v) is 10.0. The SMILES string of the molecule is CC(CN(C)C(=O)Cc1ccc(S(=O)(=O)N2CCCC2)s1)C(=O)O. The van der Waals surface area contributed by atoms with Crippen LogP contribution in [0.2, 0.25) is 0 Å². The first kappa shape index (κ1) is 18.9. The molecular weight excluding hydrogens is 352 g/mol. The summed E-state index contributed by atoms with van der Waals surface area (Å²) in [4.78, 5) is 25.0. The molecule has 1 aromatic heterocycles. The number of nitrogens with zero attached hydrogens (tertiary/aromatic N) is 2. The Balaban J connectivity index is 2.00. The Hall–Kier alpha value is -1.45. The number of aliphatic carboxylic acids is 1. The number of amides is 1. The van der Waals surface area contributed by atoms with Crippen LogP contribution in [0.4, 0.5) is 0 Å². The van der Waals surface area contributed by atoms with E-state index in [-0.39, 0.29) is 23.1 Å². The minimum absolute atomic E-state index is 0.0724. The van der Waals surface area contributed by atoms with Crippen molar-refractivity contribution in [3.63, 3.8) is 0 Å². The van der Waals surface area contributed by atoms with Crippen molar-refractivity contribution in [1.29, 1.82) is 0 Å². The molecule has 1 N–H and O–H groups in total. The van der Waals surface area contributed by atoms with E-state index in [0.29, 0.717) is 18.0 Å². The number of carboxylic acid groups (broad SMARTS) is 1. The average Bonchev–Trinajstić information content (AvgIpc) is 3.18. The van der Waals surface area contributed by atoms with Gasteiger partial charge in [0.15, 0.2) is 0 Å². The number of carboxylic acids is 1. The van der Waals surface area contributed by atoms with Crippen molar-refractivity contribution in [1.82, 2.24) is 9.21 Å². The zero-order valence-corrected chi connectivity index (χ0v) is 15.4. The van der Waals surface area contributed by atoms with E-state index >= 15 is 0 Å². The molecule has 2 heterocycles. The number of likely N-dealkylation sites (N-methyl/N-ethyl adjacent to an activating group) is 1. The molecule has 1 saturated heterocycles. The highest BCUT2D eigenvalue weighted by atomic mass is 32.2. The van der Waals surface area contributed by atoms with E-state index in [9.17, 15) is 18.0 Å². The number of hydrogen-bond donors (Lipinski definition) is 1. The first-order chi connectivity index (χ1) is 11.2. The zero-order valence-electron chi connectivity index (χ0n) is 13.8. The summed E-state index contributed by atoms with van der Waals surface area (Å²) in [5, 5.41) is 8.89. The lowest BCUT2D eigenvalue weighted by molar-refractivity contribution is -0.142. The van der Waals surface area contributed by atoms with Crippen LogP contribution in [0.3, 0.4) is 0 Å². The van der Waals surface area contributed by atoms with Gasteiger partial charge in [0.2, 0.25) is 5.91 Å². The summed E-state index contributed by atoms with van der Waals surface area (Å²) < 4.78 is 26.7. The van der Waals surface area contributed by atoms with E-state index in [1.165, 1.54) is 16.1 Å². The van der Waals surface area contributed by atoms with Crippen LogP contribution in [0.5, 0.6) is 0 Å². The summed E-state index contributed by atoms with van der Waals surface area (Å²) in [5.74, 6) is -1.83. The second-order valence-electron chi connectivity index (χ2n) is 6.02. The molecule has 1 fully saturated rings. The Morgan fingerprint density at radius 2 is 1.96 bits per heavy atom. The number of sulfonamides is 1. The highest BCUT2D eigenvalue weighted by Crippen LogP contribution is 2.27. The van der Waals surface area contributed by atoms with Crippen molar-refractivity contribution in [2.24, 2.45) is 5.92 Å². The van der Waals surface area contributed by atoms with Crippen LogP contribution >= 0.6 is 11.3 Å². The smallest absolute Gasteiger partial charge is 0.308 e. The van der Waals surface area contributed by atoms with Crippen molar-refractivity contribution in [2.45, 2.75) is 30.4 Å². The van der Waals surface area contributed by atoms with E-state index in [1.54, 1.807) is 19.2 Å². The summed E-state index contributed by atoms with van der Waals surface area (Å²) in [7, 11) is -1.90. The zero-order chi connectivity index (χ0) is 17.9. The molecule has 0 radical (unpaired) electrons. The molecule has 0 spiro atoms. The summed E-state index contributed by atoms with van der Waals surface area (Å²) >= 11 is 1.10. The number of carbonyl (C=O) groups is 2. The van der Waals surface area contributed by atoms with Crippen LogP contribution in [-0.2, 0) is 26.0 Å². The Labute approximate surface area is 145 Å². The predicted molar refractivity (Wildman–Crippen MR) is 90.5 cm³/mol. The third-order valence-corrected chi connectivity index (χ3v) is 7.47. The molecular formula is C15H22N2O5S2. The van der Waals surface area contributed by atoms with E-state index in [2.05, 4.69) is 0 Å². The Bertz CT molecular complexity index is 707. The van der Waals surface area contributed by atoms with Gasteiger partial charge in [-0.3, -0.25) is 9.59 Å². The van der Waals surface area contributed by atoms with Crippen LogP contribution in [-0.4, -0.2) is 61.3 Å². The van der Waals surface area contributed by atoms with E-state index in [4.69, 9.17) is 5.11 Å². The second-order valence-corrected chi connectivity index (χ2v) is 9.36. The molecule has 0 aromatic carbocycles. The maximum absolute atomic E-state index is 12.5. The number of carbonyl (C=O) groups excluding carboxylic acids is 1. The van der Waals surface area contributed by atoms with Crippen molar-refractivity contribution < 1.29 is 23.1 Å². The maximum Gasteiger partial charge on any atom is 0.308 e. The second kappa shape index (κ2) is 7.62. The fourth-order valence-corrected chi connectivity index (χ4v) is 5.54. The molecule has 1 unspecified atom stereocenters. The van der Waals surface area contributed by atoms with Crippen molar-refractivity contribution >= 4 is 33.2 Å². The normalized spacial score (nSPS) is 16.9. The summed E-state index contributed by atoms with van der Waals surface area (Å²) in [6.45, 7) is 2.76. The van der Waals surface area contributed by atoms with Gasteiger partial charge in [-0.25, -0.2) is 8.42 Å². The minimum atomic E-state index is -3.45. The van der Waals surface area contributed by atoms with Crippen LogP contribution in [0.1, 0.15) is 24.6 Å². The molecule has 0 aliphatic carbocycles. The fraction of sp³-hybridized carbons (Fsp3) is 0.600. The quantitative estimate of drug-likeness (QED) is 0.775. The van der Waals surface area contributed by atoms with Crippen LogP contribution in [0.25, 0.3) is 0 Å². The van der Waals surface area contributed by atoms with Gasteiger partial charge in [0.25, 0.3) is 10.0 Å². The number of hydrogen-bond acceptors (Lipinski definition) is 5. The van der Waals surface area contributed by atoms with Gasteiger partial charge in [-0.1, -0.05) is 6.92 Å². The Morgan fingerprint density at radius 1 is 1.33 bits per heavy atom. The molecule has 1 atom stereocenters. The molecule has 1 amide bonds. The average molecular weight is 374 g/mol. The van der Waals surface area contributed by atoms with Crippen molar-refractivity contribution in [2.75, 3.05) is 26.7 Å². The molecule has 9 heteroatoms. The topological polar surface area (TPSA) is 95.0 Å². The third-order valence-electron chi connectivity index (χ3n) is 4.02. The van der Waals surface area contributed by atoms with E-state index in [0.717, 1.165) is 24.2 Å². The van der Waals surface area contributed by atoms with Crippen LogP contribution in [0.15, 0.2) is 16.3 Å². The molecule has 1 aromatic rings. The largest absolute Gasteiger partial charge is 0.481 e. The maximum atomic E-state index is 12.5. The third kappa shape index (κ3) is 4.34. The standard InChI is InChI=1S/C15H22N2O5S2/c1-11(15(19)20)10-16(2)13(18)9-12-5-6-14(23-12)24(21,22)17-7-3-4-8-17/h5-6,11H,3-4,7-10H2,1-2H3,(H,19,20). The van der Waals surface area contributed by atoms with Gasteiger partial charge in [0.05, 0.1) is 12.3 Å². The molecule has 1 aliphatic heterocycles. The minimum Gasteiger partial charge on any atom is -0.481 e. The Kier molecular flexibility index (Phi) is 6.00. The highest BCUT2D eigenvalue weighted by Gasteiger charge is 2.28. The van der Waals surface area contributed by atoms with Gasteiger partial charge in [0, 0.05) is 31.6 Å². The lowest BCUT2D eigenvalue weighted by atomic mass is 10.1. The predicted octanol–water partition coefficient (Wildman–Crippen LogP) is 1.25. The van der Waals surface area contributed by atoms with Gasteiger partial charge in [-0.15, -0.1) is 11.3 Å². The molecule has 24 heavy (non-hydrogen) atoms. The van der Waals surface area contributed by atoms with E-state index < -0.39 is 21.9 Å². The molecule has 134 valence electrons. The van der Waals surface area contributed by atoms with Gasteiger partial charge < -0.3 is 10.0 Å². The lowest BCUT2D eigenvalue weighted by Crippen LogP contribution is -2.34. The van der Waals surface area contributed by atoms with Crippen LogP contribution in [0, 0.1) is 5.92 Å². The highest BCUT2D eigenvalue weighted by molar-refractivity contribution is 7.91. The summed E-state index contributed by atoms with van der Waals surface area (Å²) in [6.07, 6.45) is 1.83. The van der Waals surface area contributed by atoms with Crippen LogP contribution < -0.4 is 0 Å². The monoisotopic (exact) mass is 374 g/mol. The Morgan fingerprint density at radius 3 is 2.54 bits per heavy atom. The molecule has 0 bridgehead atoms.